The van der Waals surface area contributed by atoms with E-state index >= 15 is 0 Å². The first-order valence-electron chi connectivity index (χ1n) is 8.41. The molecular weight excluding hydrogens is 360 g/mol. The molecule has 1 aromatic heterocycles. The second-order valence-electron chi connectivity index (χ2n) is 6.78. The third kappa shape index (κ3) is 3.32. The van der Waals surface area contributed by atoms with Gasteiger partial charge in [0.25, 0.3) is 0 Å². The summed E-state index contributed by atoms with van der Waals surface area (Å²) in [5.41, 5.74) is 6.22. The zero-order valence-corrected chi connectivity index (χ0v) is 16.2. The van der Waals surface area contributed by atoms with Crippen molar-refractivity contribution in [1.29, 1.82) is 0 Å². The van der Waals surface area contributed by atoms with Gasteiger partial charge in [-0.05, 0) is 35.1 Å². The zero-order chi connectivity index (χ0) is 17.3. The average Bonchev–Trinajstić information content (AvgIpc) is 3.03. The number of nitrogens with zero attached hydrogens (tertiary/aromatic N) is 1. The molecule has 3 aromatic rings. The smallest absolute Gasteiger partial charge is 0.137 e. The topological polar surface area (TPSA) is 28.7 Å². The van der Waals surface area contributed by atoms with Crippen LogP contribution in [0.2, 0.25) is 0 Å². The first kappa shape index (κ1) is 17.0. The van der Waals surface area contributed by atoms with E-state index in [1.165, 1.54) is 16.7 Å². The van der Waals surface area contributed by atoms with Crippen molar-refractivity contribution in [3.8, 4) is 22.6 Å². The molecule has 0 aliphatic rings. The largest absolute Gasteiger partial charge is 0.338 e. The van der Waals surface area contributed by atoms with Crippen LogP contribution in [-0.4, -0.2) is 9.97 Å². The predicted molar refractivity (Wildman–Crippen MR) is 105 cm³/mol. The van der Waals surface area contributed by atoms with Gasteiger partial charge in [0, 0.05) is 15.6 Å². The Labute approximate surface area is 152 Å². The van der Waals surface area contributed by atoms with E-state index in [0.29, 0.717) is 11.8 Å². The lowest BCUT2D eigenvalue weighted by molar-refractivity contribution is 0.837. The van der Waals surface area contributed by atoms with Crippen LogP contribution in [0.5, 0.6) is 0 Å². The quantitative estimate of drug-likeness (QED) is 0.530. The lowest BCUT2D eigenvalue weighted by Crippen LogP contribution is -1.99. The summed E-state index contributed by atoms with van der Waals surface area (Å²) in [4.78, 5) is 8.16. The van der Waals surface area contributed by atoms with Gasteiger partial charge in [0.2, 0.25) is 0 Å². The highest BCUT2D eigenvalue weighted by atomic mass is 79.9. The molecule has 24 heavy (non-hydrogen) atoms. The number of aromatic nitrogens is 2. The van der Waals surface area contributed by atoms with E-state index in [4.69, 9.17) is 0 Å². The molecule has 1 N–H and O–H groups in total. The maximum Gasteiger partial charge on any atom is 0.137 e. The van der Waals surface area contributed by atoms with Crippen molar-refractivity contribution in [3.63, 3.8) is 0 Å². The standard InChI is InChI=1S/C21H23BrN2/c1-13(2)17-9-6-10-18(14(3)4)20(17)19-12-23-21(24-19)15-7-5-8-16(22)11-15/h5-14H,1-4H3,(H,23,24). The summed E-state index contributed by atoms with van der Waals surface area (Å²) >= 11 is 3.53. The minimum atomic E-state index is 0.469. The summed E-state index contributed by atoms with van der Waals surface area (Å²) in [6, 6.07) is 14.8. The molecule has 0 radical (unpaired) electrons. The van der Waals surface area contributed by atoms with Gasteiger partial charge in [-0.1, -0.05) is 74.0 Å². The highest BCUT2D eigenvalue weighted by molar-refractivity contribution is 9.10. The number of rotatable bonds is 4. The van der Waals surface area contributed by atoms with Crippen molar-refractivity contribution >= 4 is 15.9 Å². The van der Waals surface area contributed by atoms with E-state index in [1.807, 2.05) is 18.3 Å². The van der Waals surface area contributed by atoms with Gasteiger partial charge in [-0.3, -0.25) is 0 Å². The monoisotopic (exact) mass is 382 g/mol. The first-order chi connectivity index (χ1) is 11.5. The van der Waals surface area contributed by atoms with E-state index in [2.05, 4.69) is 83.9 Å². The maximum atomic E-state index is 4.63. The summed E-state index contributed by atoms with van der Waals surface area (Å²) in [5.74, 6) is 1.84. The van der Waals surface area contributed by atoms with Crippen LogP contribution >= 0.6 is 15.9 Å². The van der Waals surface area contributed by atoms with Gasteiger partial charge in [-0.25, -0.2) is 4.98 Å². The molecule has 0 amide bonds. The van der Waals surface area contributed by atoms with E-state index in [0.717, 1.165) is 21.6 Å². The van der Waals surface area contributed by atoms with E-state index < -0.39 is 0 Å². The van der Waals surface area contributed by atoms with Gasteiger partial charge < -0.3 is 4.98 Å². The summed E-state index contributed by atoms with van der Waals surface area (Å²) in [7, 11) is 0. The van der Waals surface area contributed by atoms with Gasteiger partial charge in [0.05, 0.1) is 11.9 Å². The number of imidazole rings is 1. The normalized spacial score (nSPS) is 11.5. The molecule has 0 bridgehead atoms. The predicted octanol–water partition coefficient (Wildman–Crippen LogP) is 6.75. The molecule has 0 atom stereocenters. The third-order valence-corrected chi connectivity index (χ3v) is 4.81. The van der Waals surface area contributed by atoms with Gasteiger partial charge in [0.1, 0.15) is 5.82 Å². The summed E-state index contributed by atoms with van der Waals surface area (Å²) < 4.78 is 1.06. The minimum absolute atomic E-state index is 0.469. The summed E-state index contributed by atoms with van der Waals surface area (Å²) in [6.07, 6.45) is 1.96. The number of halogens is 1. The fourth-order valence-electron chi connectivity index (χ4n) is 3.09. The molecule has 0 saturated heterocycles. The van der Waals surface area contributed by atoms with Crippen LogP contribution in [0.1, 0.15) is 50.7 Å². The number of benzene rings is 2. The Morgan fingerprint density at radius 3 is 2.12 bits per heavy atom. The molecule has 3 rings (SSSR count). The molecule has 2 nitrogen and oxygen atoms in total. The van der Waals surface area contributed by atoms with E-state index in [9.17, 15) is 0 Å². The molecule has 2 aromatic carbocycles. The van der Waals surface area contributed by atoms with Gasteiger partial charge in [-0.2, -0.15) is 0 Å². The Hall–Kier alpha value is -1.87. The number of nitrogens with one attached hydrogen (secondary N) is 1. The Morgan fingerprint density at radius 1 is 0.917 bits per heavy atom. The first-order valence-corrected chi connectivity index (χ1v) is 9.20. The minimum Gasteiger partial charge on any atom is -0.338 e. The molecule has 0 spiro atoms. The molecule has 3 heteroatoms. The molecule has 0 aliphatic carbocycles. The molecule has 0 fully saturated rings. The Bertz CT molecular complexity index is 820. The number of hydrogen-bond acceptors (Lipinski definition) is 1. The van der Waals surface area contributed by atoms with Crippen LogP contribution in [-0.2, 0) is 0 Å². The molecule has 124 valence electrons. The highest BCUT2D eigenvalue weighted by Crippen LogP contribution is 2.36. The van der Waals surface area contributed by atoms with Gasteiger partial charge >= 0.3 is 0 Å². The number of H-pyrrole nitrogens is 1. The van der Waals surface area contributed by atoms with Crippen LogP contribution in [0.4, 0.5) is 0 Å². The number of hydrogen-bond donors (Lipinski definition) is 1. The van der Waals surface area contributed by atoms with Crippen LogP contribution in [0.15, 0.2) is 53.1 Å². The molecular formula is C21H23BrN2. The van der Waals surface area contributed by atoms with Gasteiger partial charge in [0.15, 0.2) is 0 Å². The fourth-order valence-corrected chi connectivity index (χ4v) is 3.49. The zero-order valence-electron chi connectivity index (χ0n) is 14.6. The average molecular weight is 383 g/mol. The van der Waals surface area contributed by atoms with Crippen molar-refractivity contribution in [2.45, 2.75) is 39.5 Å². The Morgan fingerprint density at radius 2 is 1.54 bits per heavy atom. The summed E-state index contributed by atoms with van der Waals surface area (Å²) in [6.45, 7) is 8.98. The third-order valence-electron chi connectivity index (χ3n) is 4.32. The SMILES string of the molecule is CC(C)c1cccc(C(C)C)c1-c1cnc(-c2cccc(Br)c2)[nH]1. The van der Waals surface area contributed by atoms with Crippen molar-refractivity contribution in [1.82, 2.24) is 9.97 Å². The van der Waals surface area contributed by atoms with Crippen LogP contribution < -0.4 is 0 Å². The molecule has 0 aliphatic heterocycles. The van der Waals surface area contributed by atoms with E-state index in [1.54, 1.807) is 0 Å². The Balaban J connectivity index is 2.13. The van der Waals surface area contributed by atoms with Gasteiger partial charge in [-0.15, -0.1) is 0 Å². The lowest BCUT2D eigenvalue weighted by atomic mass is 9.87. The Kier molecular flexibility index (Phi) is 4.91. The van der Waals surface area contributed by atoms with E-state index in [-0.39, 0.29) is 0 Å². The van der Waals surface area contributed by atoms with Crippen LogP contribution in [0.3, 0.4) is 0 Å². The molecule has 0 saturated carbocycles. The van der Waals surface area contributed by atoms with Crippen molar-refractivity contribution in [2.75, 3.05) is 0 Å². The molecule has 0 unspecified atom stereocenters. The second-order valence-corrected chi connectivity index (χ2v) is 7.69. The second kappa shape index (κ2) is 6.94. The van der Waals surface area contributed by atoms with Crippen molar-refractivity contribution < 1.29 is 0 Å². The lowest BCUT2D eigenvalue weighted by Gasteiger charge is -2.18. The van der Waals surface area contributed by atoms with Crippen LogP contribution in [0.25, 0.3) is 22.6 Å². The maximum absolute atomic E-state index is 4.63. The number of aromatic amines is 1. The summed E-state index contributed by atoms with van der Waals surface area (Å²) in [5, 5.41) is 0. The fraction of sp³-hybridized carbons (Fsp3) is 0.286. The van der Waals surface area contributed by atoms with Crippen molar-refractivity contribution in [3.05, 3.63) is 64.3 Å². The highest BCUT2D eigenvalue weighted by Gasteiger charge is 2.17. The van der Waals surface area contributed by atoms with Crippen molar-refractivity contribution in [2.24, 2.45) is 0 Å². The van der Waals surface area contributed by atoms with Crippen LogP contribution in [0, 0.1) is 0 Å². The molecule has 1 heterocycles.